The number of anilines is 1. The summed E-state index contributed by atoms with van der Waals surface area (Å²) in [5.41, 5.74) is 0. The van der Waals surface area contributed by atoms with E-state index in [2.05, 4.69) is 25.8 Å². The van der Waals surface area contributed by atoms with Gasteiger partial charge in [0.15, 0.2) is 0 Å². The number of amides is 1. The van der Waals surface area contributed by atoms with Crippen molar-refractivity contribution in [2.45, 2.75) is 12.8 Å². The largest absolute Gasteiger partial charge is 0.316 e. The van der Waals surface area contributed by atoms with Gasteiger partial charge in [0.1, 0.15) is 6.33 Å². The Kier molecular flexibility index (Phi) is 2.73. The molecule has 1 aromatic rings. The van der Waals surface area contributed by atoms with Crippen LogP contribution in [-0.4, -0.2) is 34.2 Å². The van der Waals surface area contributed by atoms with Gasteiger partial charge in [-0.05, 0) is 19.4 Å². The standard InChI is InChI=1S/C8H13N5O/c14-7(6-2-1-3-9-4-6)12-8-10-5-11-13-8/h5-6,9H,1-4H2,(H2,10,11,12,13,14). The van der Waals surface area contributed by atoms with Gasteiger partial charge in [0, 0.05) is 6.54 Å². The lowest BCUT2D eigenvalue weighted by atomic mass is 9.99. The van der Waals surface area contributed by atoms with Gasteiger partial charge in [0.2, 0.25) is 11.9 Å². The topological polar surface area (TPSA) is 82.7 Å². The Labute approximate surface area is 81.5 Å². The van der Waals surface area contributed by atoms with Crippen LogP contribution in [0.15, 0.2) is 6.33 Å². The minimum atomic E-state index is 0.00829. The van der Waals surface area contributed by atoms with Crippen molar-refractivity contribution in [1.82, 2.24) is 20.5 Å². The molecule has 3 N–H and O–H groups in total. The van der Waals surface area contributed by atoms with Crippen LogP contribution in [0.3, 0.4) is 0 Å². The first-order chi connectivity index (χ1) is 6.86. The zero-order valence-electron chi connectivity index (χ0n) is 7.79. The number of aromatic amines is 1. The Morgan fingerprint density at radius 1 is 1.64 bits per heavy atom. The molecule has 2 heterocycles. The van der Waals surface area contributed by atoms with Crippen molar-refractivity contribution in [3.05, 3.63) is 6.33 Å². The predicted molar refractivity (Wildman–Crippen MR) is 50.6 cm³/mol. The molecule has 1 saturated heterocycles. The van der Waals surface area contributed by atoms with E-state index in [0.29, 0.717) is 5.95 Å². The summed E-state index contributed by atoms with van der Waals surface area (Å²) in [5.74, 6) is 0.475. The fraction of sp³-hybridized carbons (Fsp3) is 0.625. The van der Waals surface area contributed by atoms with Crippen molar-refractivity contribution in [3.8, 4) is 0 Å². The average molecular weight is 195 g/mol. The van der Waals surface area contributed by atoms with Gasteiger partial charge in [0.25, 0.3) is 0 Å². The summed E-state index contributed by atoms with van der Waals surface area (Å²) in [6.07, 6.45) is 3.36. The molecule has 1 unspecified atom stereocenters. The maximum atomic E-state index is 11.6. The molecule has 1 aromatic heterocycles. The second-order valence-corrected chi connectivity index (χ2v) is 3.37. The van der Waals surface area contributed by atoms with Crippen LogP contribution in [-0.2, 0) is 4.79 Å². The zero-order chi connectivity index (χ0) is 9.80. The number of H-pyrrole nitrogens is 1. The number of hydrogen-bond donors (Lipinski definition) is 3. The van der Waals surface area contributed by atoms with Crippen LogP contribution in [0.25, 0.3) is 0 Å². The van der Waals surface area contributed by atoms with E-state index in [4.69, 9.17) is 0 Å². The van der Waals surface area contributed by atoms with Gasteiger partial charge >= 0.3 is 0 Å². The molecule has 76 valence electrons. The molecule has 14 heavy (non-hydrogen) atoms. The minimum Gasteiger partial charge on any atom is -0.316 e. The molecule has 1 fully saturated rings. The van der Waals surface area contributed by atoms with Gasteiger partial charge in [-0.25, -0.2) is 5.10 Å². The highest BCUT2D eigenvalue weighted by Gasteiger charge is 2.21. The maximum absolute atomic E-state index is 11.6. The number of rotatable bonds is 2. The normalized spacial score (nSPS) is 21.9. The third-order valence-corrected chi connectivity index (χ3v) is 2.32. The first-order valence-corrected chi connectivity index (χ1v) is 4.73. The van der Waals surface area contributed by atoms with E-state index in [1.165, 1.54) is 6.33 Å². The highest BCUT2D eigenvalue weighted by molar-refractivity contribution is 5.91. The number of piperidine rings is 1. The molecule has 0 radical (unpaired) electrons. The van der Waals surface area contributed by atoms with Crippen LogP contribution < -0.4 is 10.6 Å². The molecular weight excluding hydrogens is 182 g/mol. The number of nitrogens with one attached hydrogen (secondary N) is 3. The third-order valence-electron chi connectivity index (χ3n) is 2.32. The van der Waals surface area contributed by atoms with Gasteiger partial charge in [-0.2, -0.15) is 10.1 Å². The van der Waals surface area contributed by atoms with E-state index < -0.39 is 0 Å². The van der Waals surface area contributed by atoms with Gasteiger partial charge in [0.05, 0.1) is 5.92 Å². The Balaban J connectivity index is 1.88. The van der Waals surface area contributed by atoms with E-state index in [1.54, 1.807) is 0 Å². The van der Waals surface area contributed by atoms with Crippen LogP contribution in [0.5, 0.6) is 0 Å². The zero-order valence-corrected chi connectivity index (χ0v) is 7.79. The number of nitrogens with zero attached hydrogens (tertiary/aromatic N) is 2. The molecule has 1 aliphatic rings. The Morgan fingerprint density at radius 3 is 3.21 bits per heavy atom. The molecule has 1 aliphatic heterocycles. The van der Waals surface area contributed by atoms with Crippen LogP contribution in [0.2, 0.25) is 0 Å². The van der Waals surface area contributed by atoms with Crippen LogP contribution >= 0.6 is 0 Å². The summed E-state index contributed by atoms with van der Waals surface area (Å²) < 4.78 is 0. The average Bonchev–Trinajstić information content (AvgIpc) is 2.72. The number of aromatic nitrogens is 3. The summed E-state index contributed by atoms with van der Waals surface area (Å²) in [5, 5.41) is 12.1. The van der Waals surface area contributed by atoms with Crippen LogP contribution in [0.1, 0.15) is 12.8 Å². The lowest BCUT2D eigenvalue weighted by Crippen LogP contribution is -2.37. The van der Waals surface area contributed by atoms with E-state index in [-0.39, 0.29) is 11.8 Å². The Morgan fingerprint density at radius 2 is 2.57 bits per heavy atom. The number of hydrogen-bond acceptors (Lipinski definition) is 4. The summed E-state index contributed by atoms with van der Waals surface area (Å²) >= 11 is 0. The molecule has 0 aliphatic carbocycles. The molecule has 6 heteroatoms. The fourth-order valence-electron chi connectivity index (χ4n) is 1.56. The quantitative estimate of drug-likeness (QED) is 0.607. The number of carbonyl (C=O) groups is 1. The van der Waals surface area contributed by atoms with Crippen LogP contribution in [0.4, 0.5) is 5.95 Å². The second-order valence-electron chi connectivity index (χ2n) is 3.37. The van der Waals surface area contributed by atoms with Gasteiger partial charge in [-0.3, -0.25) is 10.1 Å². The first-order valence-electron chi connectivity index (χ1n) is 4.73. The molecule has 2 rings (SSSR count). The Hall–Kier alpha value is -1.43. The van der Waals surface area contributed by atoms with Gasteiger partial charge in [-0.15, -0.1) is 0 Å². The van der Waals surface area contributed by atoms with E-state index in [0.717, 1.165) is 25.9 Å². The molecule has 0 spiro atoms. The van der Waals surface area contributed by atoms with Crippen molar-refractivity contribution < 1.29 is 4.79 Å². The summed E-state index contributed by atoms with van der Waals surface area (Å²) in [6.45, 7) is 1.76. The fourth-order valence-corrected chi connectivity index (χ4v) is 1.56. The van der Waals surface area contributed by atoms with Crippen molar-refractivity contribution in [1.29, 1.82) is 0 Å². The molecule has 1 amide bonds. The highest BCUT2D eigenvalue weighted by atomic mass is 16.2. The lowest BCUT2D eigenvalue weighted by molar-refractivity contribution is -0.120. The number of carbonyl (C=O) groups excluding carboxylic acids is 1. The van der Waals surface area contributed by atoms with Gasteiger partial charge in [-0.1, -0.05) is 0 Å². The summed E-state index contributed by atoms with van der Waals surface area (Å²) in [4.78, 5) is 15.5. The van der Waals surface area contributed by atoms with E-state index >= 15 is 0 Å². The van der Waals surface area contributed by atoms with Gasteiger partial charge < -0.3 is 5.32 Å². The molecule has 0 bridgehead atoms. The first kappa shape index (κ1) is 9.14. The van der Waals surface area contributed by atoms with E-state index in [1.807, 2.05) is 0 Å². The monoisotopic (exact) mass is 195 g/mol. The molecule has 1 atom stereocenters. The van der Waals surface area contributed by atoms with Crippen molar-refractivity contribution in [2.75, 3.05) is 18.4 Å². The molecule has 0 aromatic carbocycles. The van der Waals surface area contributed by atoms with Crippen LogP contribution in [0, 0.1) is 5.92 Å². The Bertz CT molecular complexity index is 291. The maximum Gasteiger partial charge on any atom is 0.231 e. The summed E-state index contributed by atoms with van der Waals surface area (Å²) in [7, 11) is 0. The second kappa shape index (κ2) is 4.19. The highest BCUT2D eigenvalue weighted by Crippen LogP contribution is 2.11. The summed E-state index contributed by atoms with van der Waals surface area (Å²) in [6, 6.07) is 0. The smallest absolute Gasteiger partial charge is 0.231 e. The van der Waals surface area contributed by atoms with Crippen molar-refractivity contribution in [2.24, 2.45) is 5.92 Å². The minimum absolute atomic E-state index is 0.00829. The predicted octanol–water partition coefficient (Wildman–Crippen LogP) is -0.257. The van der Waals surface area contributed by atoms with Crippen molar-refractivity contribution >= 4 is 11.9 Å². The van der Waals surface area contributed by atoms with Crippen molar-refractivity contribution in [3.63, 3.8) is 0 Å². The lowest BCUT2D eigenvalue weighted by Gasteiger charge is -2.21. The molecule has 0 saturated carbocycles. The van der Waals surface area contributed by atoms with E-state index in [9.17, 15) is 4.79 Å². The third kappa shape index (κ3) is 2.08. The molecular formula is C8H13N5O. The molecule has 6 nitrogen and oxygen atoms in total. The SMILES string of the molecule is O=C(Nc1ncn[nH]1)C1CCCNC1.